The number of hydrogen-bond donors (Lipinski definition) is 1. The van der Waals surface area contributed by atoms with E-state index >= 15 is 0 Å². The first-order chi connectivity index (χ1) is 9.49. The highest BCUT2D eigenvalue weighted by Crippen LogP contribution is 2.21. The van der Waals surface area contributed by atoms with Gasteiger partial charge >= 0.3 is 0 Å². The average Bonchev–Trinajstić information content (AvgIpc) is 2.93. The predicted octanol–water partition coefficient (Wildman–Crippen LogP) is 2.16. The number of carbonyl (C=O) groups excluding carboxylic acids is 1. The summed E-state index contributed by atoms with van der Waals surface area (Å²) in [5.74, 6) is -0.819. The Morgan fingerprint density at radius 2 is 2.10 bits per heavy atom. The van der Waals surface area contributed by atoms with Crippen molar-refractivity contribution in [3.05, 3.63) is 34.1 Å². The minimum Gasteiger partial charge on any atom is -0.372 e. The van der Waals surface area contributed by atoms with Crippen LogP contribution in [0.3, 0.4) is 0 Å². The summed E-state index contributed by atoms with van der Waals surface area (Å²) in [6.45, 7) is 3.11. The number of benzene rings is 1. The van der Waals surface area contributed by atoms with Gasteiger partial charge in [0.25, 0.3) is 5.69 Å². The topological polar surface area (TPSA) is 75.5 Å². The number of halogens is 1. The van der Waals surface area contributed by atoms with Crippen LogP contribution in [-0.2, 0) is 4.79 Å². The first kappa shape index (κ1) is 14.2. The molecule has 1 saturated heterocycles. The monoisotopic (exact) mass is 281 g/mol. The Bertz CT molecular complexity index is 530. The first-order valence-electron chi connectivity index (χ1n) is 6.48. The van der Waals surface area contributed by atoms with Crippen LogP contribution in [0.1, 0.15) is 19.8 Å². The van der Waals surface area contributed by atoms with Crippen molar-refractivity contribution >= 4 is 17.3 Å². The van der Waals surface area contributed by atoms with Crippen molar-refractivity contribution in [2.24, 2.45) is 0 Å². The Balaban J connectivity index is 2.05. The van der Waals surface area contributed by atoms with Crippen molar-refractivity contribution < 1.29 is 14.1 Å². The summed E-state index contributed by atoms with van der Waals surface area (Å²) in [4.78, 5) is 23.7. The smallest absolute Gasteiger partial charge is 0.272 e. The summed E-state index contributed by atoms with van der Waals surface area (Å²) in [5, 5.41) is 13.3. The van der Waals surface area contributed by atoms with Crippen LogP contribution in [0, 0.1) is 15.9 Å². The lowest BCUT2D eigenvalue weighted by Gasteiger charge is -2.22. The zero-order chi connectivity index (χ0) is 14.7. The Labute approximate surface area is 115 Å². The fourth-order valence-corrected chi connectivity index (χ4v) is 2.24. The Morgan fingerprint density at radius 1 is 1.45 bits per heavy atom. The molecule has 7 heteroatoms. The molecule has 0 radical (unpaired) electrons. The maximum absolute atomic E-state index is 13.7. The molecule has 1 atom stereocenters. The molecule has 108 valence electrons. The van der Waals surface area contributed by atoms with Gasteiger partial charge in [0.05, 0.1) is 16.7 Å². The summed E-state index contributed by atoms with van der Waals surface area (Å²) >= 11 is 0. The van der Waals surface area contributed by atoms with Crippen molar-refractivity contribution in [2.75, 3.05) is 18.4 Å². The van der Waals surface area contributed by atoms with Crippen molar-refractivity contribution in [1.82, 2.24) is 4.90 Å². The van der Waals surface area contributed by atoms with E-state index in [1.165, 1.54) is 12.1 Å². The lowest BCUT2D eigenvalue weighted by atomic mass is 10.2. The van der Waals surface area contributed by atoms with Crippen LogP contribution in [0.4, 0.5) is 15.8 Å². The number of rotatable bonds is 4. The van der Waals surface area contributed by atoms with Gasteiger partial charge in [-0.2, -0.15) is 0 Å². The number of likely N-dealkylation sites (tertiary alicyclic amines) is 1. The minimum atomic E-state index is -0.736. The molecule has 20 heavy (non-hydrogen) atoms. The zero-order valence-electron chi connectivity index (χ0n) is 11.1. The number of nitro groups is 1. The normalized spacial score (nSPS) is 16.0. The van der Waals surface area contributed by atoms with Crippen LogP contribution in [-0.4, -0.2) is 34.9 Å². The molecule has 1 unspecified atom stereocenters. The molecule has 1 aliphatic heterocycles. The number of amides is 1. The zero-order valence-corrected chi connectivity index (χ0v) is 11.1. The van der Waals surface area contributed by atoms with Crippen molar-refractivity contribution in [3.8, 4) is 0 Å². The van der Waals surface area contributed by atoms with Gasteiger partial charge in [0.2, 0.25) is 5.91 Å². The summed E-state index contributed by atoms with van der Waals surface area (Å²) in [6, 6.07) is 2.76. The summed E-state index contributed by atoms with van der Waals surface area (Å²) < 4.78 is 13.7. The number of nitrogens with zero attached hydrogens (tertiary/aromatic N) is 2. The van der Waals surface area contributed by atoms with Gasteiger partial charge in [-0.25, -0.2) is 4.39 Å². The van der Waals surface area contributed by atoms with Gasteiger partial charge < -0.3 is 10.2 Å². The average molecular weight is 281 g/mol. The van der Waals surface area contributed by atoms with E-state index in [4.69, 9.17) is 0 Å². The molecule has 0 aliphatic carbocycles. The molecule has 0 bridgehead atoms. The Hall–Kier alpha value is -2.18. The van der Waals surface area contributed by atoms with E-state index in [1.54, 1.807) is 11.8 Å². The van der Waals surface area contributed by atoms with Crippen LogP contribution < -0.4 is 5.32 Å². The second-order valence-electron chi connectivity index (χ2n) is 4.82. The lowest BCUT2D eigenvalue weighted by Crippen LogP contribution is -2.39. The molecule has 6 nitrogen and oxygen atoms in total. The fraction of sp³-hybridized carbons (Fsp3) is 0.462. The number of hydrogen-bond acceptors (Lipinski definition) is 4. The summed E-state index contributed by atoms with van der Waals surface area (Å²) in [5.41, 5.74) is -0.220. The molecular weight excluding hydrogens is 265 g/mol. The second-order valence-corrected chi connectivity index (χ2v) is 4.82. The van der Waals surface area contributed by atoms with Gasteiger partial charge in [-0.1, -0.05) is 0 Å². The highest BCUT2D eigenvalue weighted by atomic mass is 19.1. The van der Waals surface area contributed by atoms with E-state index in [0.29, 0.717) is 0 Å². The van der Waals surface area contributed by atoms with Gasteiger partial charge in [0.1, 0.15) is 6.04 Å². The van der Waals surface area contributed by atoms with E-state index in [0.717, 1.165) is 32.0 Å². The third kappa shape index (κ3) is 3.04. The maximum atomic E-state index is 13.7. The highest BCUT2D eigenvalue weighted by Gasteiger charge is 2.24. The standard InChI is InChI=1S/C13H16FN3O3/c1-9(13(18)16-6-2-3-7-16)15-12-5-4-10(17(19)20)8-11(12)14/h4-5,8-9,15H,2-3,6-7H2,1H3. The number of nitrogens with one attached hydrogen (secondary N) is 1. The quantitative estimate of drug-likeness (QED) is 0.677. The SMILES string of the molecule is CC(Nc1ccc([N+](=O)[O-])cc1F)C(=O)N1CCCC1. The van der Waals surface area contributed by atoms with E-state index in [-0.39, 0.29) is 17.3 Å². The molecule has 1 fully saturated rings. The van der Waals surface area contributed by atoms with Crippen LogP contribution in [0.2, 0.25) is 0 Å². The van der Waals surface area contributed by atoms with E-state index in [1.807, 2.05) is 0 Å². The number of non-ortho nitro benzene ring substituents is 1. The number of carbonyl (C=O) groups is 1. The van der Waals surface area contributed by atoms with E-state index < -0.39 is 16.8 Å². The Morgan fingerprint density at radius 3 is 2.65 bits per heavy atom. The molecule has 1 aromatic rings. The molecule has 0 spiro atoms. The molecule has 0 aromatic heterocycles. The third-order valence-corrected chi connectivity index (χ3v) is 3.32. The molecular formula is C13H16FN3O3. The van der Waals surface area contributed by atoms with Crippen molar-refractivity contribution in [2.45, 2.75) is 25.8 Å². The molecule has 1 N–H and O–H groups in total. The molecule has 1 heterocycles. The summed E-state index contributed by atoms with van der Waals surface area (Å²) in [6.07, 6.45) is 1.98. The predicted molar refractivity (Wildman–Crippen MR) is 72.0 cm³/mol. The third-order valence-electron chi connectivity index (χ3n) is 3.32. The van der Waals surface area contributed by atoms with Gasteiger partial charge in [-0.15, -0.1) is 0 Å². The van der Waals surface area contributed by atoms with Crippen LogP contribution in [0.15, 0.2) is 18.2 Å². The van der Waals surface area contributed by atoms with E-state index in [9.17, 15) is 19.3 Å². The second kappa shape index (κ2) is 5.85. The maximum Gasteiger partial charge on any atom is 0.272 e. The van der Waals surface area contributed by atoms with Gasteiger partial charge in [-0.3, -0.25) is 14.9 Å². The van der Waals surface area contributed by atoms with Crippen molar-refractivity contribution in [1.29, 1.82) is 0 Å². The molecule has 1 amide bonds. The Kier molecular flexibility index (Phi) is 4.16. The van der Waals surface area contributed by atoms with Crippen LogP contribution in [0.25, 0.3) is 0 Å². The summed E-state index contributed by atoms with van der Waals surface area (Å²) in [7, 11) is 0. The van der Waals surface area contributed by atoms with Gasteiger partial charge in [0.15, 0.2) is 5.82 Å². The number of nitro benzene ring substituents is 1. The molecule has 1 aromatic carbocycles. The minimum absolute atomic E-state index is 0.0831. The van der Waals surface area contributed by atoms with Gasteiger partial charge in [0, 0.05) is 19.2 Å². The molecule has 2 rings (SSSR count). The largest absolute Gasteiger partial charge is 0.372 e. The molecule has 1 aliphatic rings. The van der Waals surface area contributed by atoms with Crippen molar-refractivity contribution in [3.63, 3.8) is 0 Å². The highest BCUT2D eigenvalue weighted by molar-refractivity contribution is 5.84. The van der Waals surface area contributed by atoms with Crippen LogP contribution in [0.5, 0.6) is 0 Å². The van der Waals surface area contributed by atoms with E-state index in [2.05, 4.69) is 5.32 Å². The lowest BCUT2D eigenvalue weighted by molar-refractivity contribution is -0.385. The first-order valence-corrected chi connectivity index (χ1v) is 6.48. The fourth-order valence-electron chi connectivity index (χ4n) is 2.24. The molecule has 0 saturated carbocycles. The van der Waals surface area contributed by atoms with Gasteiger partial charge in [-0.05, 0) is 25.8 Å². The van der Waals surface area contributed by atoms with Crippen LogP contribution >= 0.6 is 0 Å². The number of anilines is 1.